The van der Waals surface area contributed by atoms with Crippen LogP contribution in [0.15, 0.2) is 30.3 Å². The first-order valence-electron chi connectivity index (χ1n) is 7.12. The van der Waals surface area contributed by atoms with Gasteiger partial charge in [-0.1, -0.05) is 51.1 Å². The highest BCUT2D eigenvalue weighted by molar-refractivity contribution is 5.24. The second kappa shape index (κ2) is 5.85. The molecule has 2 rings (SSSR count). The molecule has 2 atom stereocenters. The highest BCUT2D eigenvalue weighted by atomic mass is 16.5. The molecule has 0 radical (unpaired) electrons. The number of nitrogens with one attached hydrogen (secondary N) is 1. The Labute approximate surface area is 111 Å². The Kier molecular flexibility index (Phi) is 4.41. The number of hydrogen-bond donors (Lipinski definition) is 1. The minimum Gasteiger partial charge on any atom is -0.370 e. The molecule has 1 aromatic rings. The van der Waals surface area contributed by atoms with Crippen LogP contribution in [-0.4, -0.2) is 19.2 Å². The van der Waals surface area contributed by atoms with Gasteiger partial charge in [0.25, 0.3) is 0 Å². The molecule has 1 aliphatic rings. The largest absolute Gasteiger partial charge is 0.370 e. The molecule has 0 spiro atoms. The first-order valence-corrected chi connectivity index (χ1v) is 7.12. The molecule has 2 heteroatoms. The van der Waals surface area contributed by atoms with Crippen LogP contribution in [0.4, 0.5) is 0 Å². The van der Waals surface area contributed by atoms with E-state index in [9.17, 15) is 0 Å². The second-order valence-electron chi connectivity index (χ2n) is 5.51. The molecule has 0 saturated carbocycles. The van der Waals surface area contributed by atoms with E-state index in [1.165, 1.54) is 5.56 Å². The maximum absolute atomic E-state index is 6.25. The smallest absolute Gasteiger partial charge is 0.0968 e. The molecular formula is C16H25NO. The van der Waals surface area contributed by atoms with Crippen molar-refractivity contribution in [3.63, 3.8) is 0 Å². The van der Waals surface area contributed by atoms with E-state index in [2.05, 4.69) is 56.4 Å². The van der Waals surface area contributed by atoms with Crippen molar-refractivity contribution in [2.45, 2.75) is 45.3 Å². The predicted octanol–water partition coefficient (Wildman–Crippen LogP) is 3.33. The van der Waals surface area contributed by atoms with Crippen LogP contribution in [0.25, 0.3) is 0 Å². The summed E-state index contributed by atoms with van der Waals surface area (Å²) in [5.74, 6) is 0.487. The minimum absolute atomic E-state index is 0.119. The Morgan fingerprint density at radius 1 is 1.33 bits per heavy atom. The Hall–Kier alpha value is -0.860. The molecule has 18 heavy (non-hydrogen) atoms. The third kappa shape index (κ3) is 2.60. The monoisotopic (exact) mass is 247 g/mol. The van der Waals surface area contributed by atoms with Crippen molar-refractivity contribution in [1.29, 1.82) is 0 Å². The van der Waals surface area contributed by atoms with E-state index in [-0.39, 0.29) is 5.60 Å². The SMILES string of the molecule is CCNC1CCOC(c2ccccc2)(C(C)C)C1. The molecule has 2 unspecified atom stereocenters. The zero-order valence-corrected chi connectivity index (χ0v) is 11.8. The van der Waals surface area contributed by atoms with Crippen molar-refractivity contribution in [1.82, 2.24) is 5.32 Å². The van der Waals surface area contributed by atoms with Crippen LogP contribution in [0, 0.1) is 5.92 Å². The number of hydrogen-bond acceptors (Lipinski definition) is 2. The molecule has 1 aromatic carbocycles. The summed E-state index contributed by atoms with van der Waals surface area (Å²) in [6.07, 6.45) is 2.19. The summed E-state index contributed by atoms with van der Waals surface area (Å²) in [4.78, 5) is 0. The topological polar surface area (TPSA) is 21.3 Å². The van der Waals surface area contributed by atoms with Crippen molar-refractivity contribution in [2.75, 3.05) is 13.2 Å². The zero-order valence-electron chi connectivity index (χ0n) is 11.8. The van der Waals surface area contributed by atoms with Crippen molar-refractivity contribution < 1.29 is 4.74 Å². The molecule has 1 aliphatic heterocycles. The second-order valence-corrected chi connectivity index (χ2v) is 5.51. The van der Waals surface area contributed by atoms with E-state index in [4.69, 9.17) is 4.74 Å². The van der Waals surface area contributed by atoms with Gasteiger partial charge in [-0.2, -0.15) is 0 Å². The third-order valence-electron chi connectivity index (χ3n) is 4.06. The van der Waals surface area contributed by atoms with Gasteiger partial charge in [0.1, 0.15) is 0 Å². The molecule has 100 valence electrons. The summed E-state index contributed by atoms with van der Waals surface area (Å²) in [6, 6.07) is 11.3. The molecule has 0 aliphatic carbocycles. The summed E-state index contributed by atoms with van der Waals surface area (Å²) < 4.78 is 6.25. The average molecular weight is 247 g/mol. The maximum atomic E-state index is 6.25. The number of ether oxygens (including phenoxy) is 1. The molecular weight excluding hydrogens is 222 g/mol. The van der Waals surface area contributed by atoms with Gasteiger partial charge in [0.2, 0.25) is 0 Å². The lowest BCUT2D eigenvalue weighted by atomic mass is 9.76. The van der Waals surface area contributed by atoms with Crippen LogP contribution in [0.3, 0.4) is 0 Å². The van der Waals surface area contributed by atoms with Crippen molar-refractivity contribution in [2.24, 2.45) is 5.92 Å². The van der Waals surface area contributed by atoms with Gasteiger partial charge in [-0.15, -0.1) is 0 Å². The van der Waals surface area contributed by atoms with Crippen molar-refractivity contribution in [3.8, 4) is 0 Å². The predicted molar refractivity (Wildman–Crippen MR) is 75.6 cm³/mol. The fourth-order valence-electron chi connectivity index (χ4n) is 3.03. The van der Waals surface area contributed by atoms with Crippen LogP contribution in [0.2, 0.25) is 0 Å². The van der Waals surface area contributed by atoms with Crippen molar-refractivity contribution in [3.05, 3.63) is 35.9 Å². The lowest BCUT2D eigenvalue weighted by Crippen LogP contribution is -2.48. The van der Waals surface area contributed by atoms with Gasteiger partial charge in [0, 0.05) is 12.6 Å². The van der Waals surface area contributed by atoms with E-state index < -0.39 is 0 Å². The zero-order chi connectivity index (χ0) is 13.0. The number of rotatable bonds is 4. The highest BCUT2D eigenvalue weighted by Gasteiger charge is 2.41. The van der Waals surface area contributed by atoms with Crippen molar-refractivity contribution >= 4 is 0 Å². The average Bonchev–Trinajstić information content (AvgIpc) is 2.40. The summed E-state index contributed by atoms with van der Waals surface area (Å²) in [7, 11) is 0. The first kappa shape index (κ1) is 13.6. The normalized spacial score (nSPS) is 28.6. The Balaban J connectivity index is 2.27. The molecule has 2 nitrogen and oxygen atoms in total. The minimum atomic E-state index is -0.119. The van der Waals surface area contributed by atoms with Gasteiger partial charge in [-0.3, -0.25) is 0 Å². The third-order valence-corrected chi connectivity index (χ3v) is 4.06. The van der Waals surface area contributed by atoms with Crippen LogP contribution in [0.1, 0.15) is 39.2 Å². The first-order chi connectivity index (χ1) is 8.69. The standard InChI is InChI=1S/C16H25NO/c1-4-17-15-10-11-18-16(12-15,13(2)3)14-8-6-5-7-9-14/h5-9,13,15,17H,4,10-12H2,1-3H3. The van der Waals surface area contributed by atoms with E-state index in [0.29, 0.717) is 12.0 Å². The Morgan fingerprint density at radius 3 is 2.67 bits per heavy atom. The highest BCUT2D eigenvalue weighted by Crippen LogP contribution is 2.41. The Bertz CT molecular complexity index is 361. The fourth-order valence-corrected chi connectivity index (χ4v) is 3.03. The molecule has 1 fully saturated rings. The van der Waals surface area contributed by atoms with Gasteiger partial charge >= 0.3 is 0 Å². The lowest BCUT2D eigenvalue weighted by molar-refractivity contribution is -0.124. The summed E-state index contributed by atoms with van der Waals surface area (Å²) >= 11 is 0. The van der Waals surface area contributed by atoms with Crippen LogP contribution in [-0.2, 0) is 10.3 Å². The molecule has 1 heterocycles. The van der Waals surface area contributed by atoms with E-state index in [1.54, 1.807) is 0 Å². The summed E-state index contributed by atoms with van der Waals surface area (Å²) in [5.41, 5.74) is 1.20. The quantitative estimate of drug-likeness (QED) is 0.881. The summed E-state index contributed by atoms with van der Waals surface area (Å²) in [6.45, 7) is 8.59. The maximum Gasteiger partial charge on any atom is 0.0968 e. The fraction of sp³-hybridized carbons (Fsp3) is 0.625. The van der Waals surface area contributed by atoms with E-state index in [0.717, 1.165) is 26.0 Å². The van der Waals surface area contributed by atoms with Gasteiger partial charge in [-0.25, -0.2) is 0 Å². The molecule has 0 bridgehead atoms. The molecule has 1 saturated heterocycles. The molecule has 1 N–H and O–H groups in total. The van der Waals surface area contributed by atoms with Crippen LogP contribution >= 0.6 is 0 Å². The van der Waals surface area contributed by atoms with Gasteiger partial charge in [0.15, 0.2) is 0 Å². The van der Waals surface area contributed by atoms with Gasteiger partial charge in [0.05, 0.1) is 5.60 Å². The Morgan fingerprint density at radius 2 is 2.06 bits per heavy atom. The van der Waals surface area contributed by atoms with E-state index >= 15 is 0 Å². The van der Waals surface area contributed by atoms with Crippen LogP contribution < -0.4 is 5.32 Å². The van der Waals surface area contributed by atoms with E-state index in [1.807, 2.05) is 0 Å². The lowest BCUT2D eigenvalue weighted by Gasteiger charge is -2.44. The van der Waals surface area contributed by atoms with Gasteiger partial charge in [-0.05, 0) is 30.9 Å². The summed E-state index contributed by atoms with van der Waals surface area (Å²) in [5, 5.41) is 3.58. The molecule has 0 amide bonds. The molecule has 0 aromatic heterocycles. The number of benzene rings is 1. The van der Waals surface area contributed by atoms with Crippen LogP contribution in [0.5, 0.6) is 0 Å². The van der Waals surface area contributed by atoms with Gasteiger partial charge < -0.3 is 10.1 Å².